The van der Waals surface area contributed by atoms with Crippen molar-refractivity contribution >= 4 is 27.5 Å². The Labute approximate surface area is 160 Å². The number of carbonyl (C=O) groups is 2. The zero-order valence-electron chi connectivity index (χ0n) is 16.2. The van der Waals surface area contributed by atoms with Gasteiger partial charge in [-0.3, -0.25) is 9.59 Å². The summed E-state index contributed by atoms with van der Waals surface area (Å²) in [6.07, 6.45) is 6.18. The number of sulfone groups is 1. The van der Waals surface area contributed by atoms with Gasteiger partial charge in [-0.05, 0) is 33.6 Å². The van der Waals surface area contributed by atoms with E-state index in [0.717, 1.165) is 38.5 Å². The lowest BCUT2D eigenvalue weighted by atomic mass is 10.1. The second-order valence-corrected chi connectivity index (χ2v) is 10.6. The third-order valence-corrected chi connectivity index (χ3v) is 6.49. The number of amides is 2. The first-order valence-corrected chi connectivity index (χ1v) is 11.3. The van der Waals surface area contributed by atoms with E-state index in [1.807, 2.05) is 20.8 Å². The van der Waals surface area contributed by atoms with Gasteiger partial charge in [-0.25, -0.2) is 13.1 Å². The van der Waals surface area contributed by atoms with Gasteiger partial charge in [-0.15, -0.1) is 0 Å². The van der Waals surface area contributed by atoms with E-state index in [9.17, 15) is 18.0 Å². The molecule has 1 aromatic heterocycles. The van der Waals surface area contributed by atoms with Crippen LogP contribution in [0, 0.1) is 0 Å². The third-order valence-electron chi connectivity index (χ3n) is 5.05. The van der Waals surface area contributed by atoms with Gasteiger partial charge in [-0.1, -0.05) is 25.7 Å². The number of fused-ring (bicyclic) bond motifs is 1. The maximum absolute atomic E-state index is 12.5. The van der Waals surface area contributed by atoms with Crippen molar-refractivity contribution in [2.45, 2.75) is 82.4 Å². The van der Waals surface area contributed by atoms with Crippen LogP contribution in [0.2, 0.25) is 0 Å². The average molecular weight is 397 g/mol. The maximum atomic E-state index is 12.5. The van der Waals surface area contributed by atoms with Crippen LogP contribution in [0.25, 0.3) is 0 Å². The predicted octanol–water partition coefficient (Wildman–Crippen LogP) is 1.84. The van der Waals surface area contributed by atoms with Crippen molar-refractivity contribution < 1.29 is 18.0 Å². The van der Waals surface area contributed by atoms with Crippen LogP contribution in [0.15, 0.2) is 0 Å². The molecule has 0 radical (unpaired) electrons. The number of carbonyl (C=O) groups excluding carboxylic acids is 2. The second kappa shape index (κ2) is 7.26. The molecule has 2 aliphatic rings. The van der Waals surface area contributed by atoms with Gasteiger partial charge in [0.15, 0.2) is 9.84 Å². The van der Waals surface area contributed by atoms with E-state index in [-0.39, 0.29) is 17.5 Å². The van der Waals surface area contributed by atoms with Gasteiger partial charge in [0.05, 0.1) is 22.7 Å². The highest BCUT2D eigenvalue weighted by Gasteiger charge is 2.36. The third kappa shape index (κ3) is 4.51. The summed E-state index contributed by atoms with van der Waals surface area (Å²) >= 11 is 0. The zero-order chi connectivity index (χ0) is 19.8. The largest absolute Gasteiger partial charge is 0.345 e. The molecule has 0 bridgehead atoms. The lowest BCUT2D eigenvalue weighted by molar-refractivity contribution is -0.136. The lowest BCUT2D eigenvalue weighted by Gasteiger charge is -2.23. The predicted molar refractivity (Wildman–Crippen MR) is 102 cm³/mol. The Morgan fingerprint density at radius 3 is 2.26 bits per heavy atom. The molecule has 1 aromatic rings. The summed E-state index contributed by atoms with van der Waals surface area (Å²) < 4.78 is 25.5. The normalized spacial score (nSPS) is 20.0. The summed E-state index contributed by atoms with van der Waals surface area (Å²) in [4.78, 5) is 24.9. The van der Waals surface area contributed by atoms with Crippen LogP contribution in [0.4, 0.5) is 5.82 Å². The molecule has 150 valence electrons. The molecule has 0 unspecified atom stereocenters. The van der Waals surface area contributed by atoms with Crippen molar-refractivity contribution in [3.8, 4) is 0 Å². The summed E-state index contributed by atoms with van der Waals surface area (Å²) in [6.45, 7) is 5.72. The van der Waals surface area contributed by atoms with Gasteiger partial charge in [0, 0.05) is 11.6 Å². The first kappa shape index (κ1) is 19.9. The number of nitrogens with zero attached hydrogens (tertiary/aromatic N) is 2. The quantitative estimate of drug-likeness (QED) is 0.585. The van der Waals surface area contributed by atoms with E-state index >= 15 is 0 Å². The van der Waals surface area contributed by atoms with Crippen LogP contribution in [0.3, 0.4) is 0 Å². The van der Waals surface area contributed by atoms with E-state index in [0.29, 0.717) is 17.1 Å². The second-order valence-electron chi connectivity index (χ2n) is 8.50. The molecule has 2 N–H and O–H groups in total. The van der Waals surface area contributed by atoms with Crippen molar-refractivity contribution in [3.63, 3.8) is 0 Å². The van der Waals surface area contributed by atoms with Gasteiger partial charge in [0.25, 0.3) is 0 Å². The number of aromatic nitrogens is 2. The van der Waals surface area contributed by atoms with Crippen LogP contribution in [-0.2, 0) is 36.5 Å². The SMILES string of the molecule is CC(C)(C)n1nc2c(c1NC(=O)C(=O)NC1CCCCCC1)CS(=O)(=O)C2. The summed E-state index contributed by atoms with van der Waals surface area (Å²) in [7, 11) is -3.26. The molecule has 1 aliphatic carbocycles. The molecule has 0 atom stereocenters. The average Bonchev–Trinajstić information content (AvgIpc) is 2.88. The van der Waals surface area contributed by atoms with Gasteiger partial charge in [0.1, 0.15) is 5.82 Å². The molecule has 27 heavy (non-hydrogen) atoms. The molecule has 9 heteroatoms. The van der Waals surface area contributed by atoms with Crippen LogP contribution in [0.5, 0.6) is 0 Å². The molecule has 2 amide bonds. The van der Waals surface area contributed by atoms with Gasteiger partial charge in [-0.2, -0.15) is 5.10 Å². The lowest BCUT2D eigenvalue weighted by Crippen LogP contribution is -2.42. The van der Waals surface area contributed by atoms with Gasteiger partial charge in [0.2, 0.25) is 0 Å². The fourth-order valence-electron chi connectivity index (χ4n) is 3.70. The molecule has 1 aliphatic heterocycles. The fourth-order valence-corrected chi connectivity index (χ4v) is 5.19. The van der Waals surface area contributed by atoms with Crippen molar-refractivity contribution in [1.29, 1.82) is 0 Å². The van der Waals surface area contributed by atoms with Crippen LogP contribution in [0.1, 0.15) is 70.6 Å². The molecule has 2 heterocycles. The van der Waals surface area contributed by atoms with Crippen molar-refractivity contribution in [1.82, 2.24) is 15.1 Å². The Balaban J connectivity index is 1.78. The number of hydrogen-bond donors (Lipinski definition) is 2. The highest BCUT2D eigenvalue weighted by molar-refractivity contribution is 7.90. The Bertz CT molecular complexity index is 843. The Hall–Kier alpha value is -1.90. The van der Waals surface area contributed by atoms with Gasteiger partial charge < -0.3 is 10.6 Å². The Kier molecular flexibility index (Phi) is 5.33. The van der Waals surface area contributed by atoms with E-state index in [2.05, 4.69) is 15.7 Å². The first-order valence-electron chi connectivity index (χ1n) is 9.50. The minimum Gasteiger partial charge on any atom is -0.345 e. The Morgan fingerprint density at radius 2 is 1.67 bits per heavy atom. The van der Waals surface area contributed by atoms with E-state index in [1.54, 1.807) is 4.68 Å². The highest BCUT2D eigenvalue weighted by Crippen LogP contribution is 2.34. The Morgan fingerprint density at radius 1 is 1.04 bits per heavy atom. The number of nitrogens with one attached hydrogen (secondary N) is 2. The summed E-state index contributed by atoms with van der Waals surface area (Å²) in [5.41, 5.74) is 0.471. The molecule has 0 aromatic carbocycles. The standard InChI is InChI=1S/C18H28N4O4S/c1-18(2,3)22-15(13-10-27(25,26)11-14(13)21-22)20-17(24)16(23)19-12-8-6-4-5-7-9-12/h12H,4-11H2,1-3H3,(H,19,23)(H,20,24). The molecule has 1 saturated carbocycles. The molecule has 3 rings (SSSR count). The van der Waals surface area contributed by atoms with Crippen molar-refractivity contribution in [2.24, 2.45) is 0 Å². The van der Waals surface area contributed by atoms with Crippen LogP contribution in [-0.4, -0.2) is 36.1 Å². The molecule has 1 fully saturated rings. The van der Waals surface area contributed by atoms with E-state index in [4.69, 9.17) is 0 Å². The number of rotatable bonds is 2. The summed E-state index contributed by atoms with van der Waals surface area (Å²) in [5.74, 6) is -1.46. The molecule has 0 saturated heterocycles. The van der Waals surface area contributed by atoms with E-state index in [1.165, 1.54) is 0 Å². The minimum absolute atomic E-state index is 0.0179. The highest BCUT2D eigenvalue weighted by atomic mass is 32.2. The number of hydrogen-bond acceptors (Lipinski definition) is 5. The maximum Gasteiger partial charge on any atom is 0.314 e. The topological polar surface area (TPSA) is 110 Å². The number of anilines is 1. The summed E-state index contributed by atoms with van der Waals surface area (Å²) in [6, 6.07) is 0.0179. The van der Waals surface area contributed by atoms with Crippen molar-refractivity contribution in [3.05, 3.63) is 11.3 Å². The van der Waals surface area contributed by atoms with Crippen LogP contribution >= 0.6 is 0 Å². The zero-order valence-corrected chi connectivity index (χ0v) is 17.0. The minimum atomic E-state index is -3.26. The molecular weight excluding hydrogens is 368 g/mol. The molecular formula is C18H28N4O4S. The first-order chi connectivity index (χ1) is 12.6. The van der Waals surface area contributed by atoms with Crippen LogP contribution < -0.4 is 10.6 Å². The summed E-state index contributed by atoms with van der Waals surface area (Å²) in [5, 5.41) is 9.83. The van der Waals surface area contributed by atoms with E-state index < -0.39 is 27.2 Å². The molecule has 8 nitrogen and oxygen atoms in total. The fraction of sp³-hybridized carbons (Fsp3) is 0.722. The molecule has 0 spiro atoms. The van der Waals surface area contributed by atoms with Gasteiger partial charge >= 0.3 is 11.8 Å². The van der Waals surface area contributed by atoms with Crippen molar-refractivity contribution in [2.75, 3.05) is 5.32 Å². The smallest absolute Gasteiger partial charge is 0.314 e. The monoisotopic (exact) mass is 396 g/mol.